The van der Waals surface area contributed by atoms with E-state index in [0.29, 0.717) is 13.1 Å². The zero-order valence-electron chi connectivity index (χ0n) is 17.0. The van der Waals surface area contributed by atoms with Gasteiger partial charge in [-0.1, -0.05) is 13.0 Å². The van der Waals surface area contributed by atoms with Gasteiger partial charge in [-0.25, -0.2) is 8.42 Å². The first-order chi connectivity index (χ1) is 14.0. The second kappa shape index (κ2) is 8.32. The maximum Gasteiger partial charge on any atom is 0.244 e. The van der Waals surface area contributed by atoms with Gasteiger partial charge in [0.05, 0.1) is 13.2 Å². The Kier molecular flexibility index (Phi) is 5.79. The maximum atomic E-state index is 13.0. The Morgan fingerprint density at radius 1 is 1.10 bits per heavy atom. The van der Waals surface area contributed by atoms with Gasteiger partial charge in [-0.3, -0.25) is 4.98 Å². The molecule has 1 aromatic heterocycles. The summed E-state index contributed by atoms with van der Waals surface area (Å²) in [5.41, 5.74) is 1.09. The Balaban J connectivity index is 1.57. The van der Waals surface area contributed by atoms with E-state index in [-0.39, 0.29) is 22.8 Å². The van der Waals surface area contributed by atoms with Crippen molar-refractivity contribution in [2.75, 3.05) is 20.2 Å². The molecule has 0 radical (unpaired) electrons. The summed E-state index contributed by atoms with van der Waals surface area (Å²) in [6, 6.07) is 9.26. The lowest BCUT2D eigenvalue weighted by molar-refractivity contribution is 0.200. The smallest absolute Gasteiger partial charge is 0.244 e. The second-order valence-electron chi connectivity index (χ2n) is 8.03. The van der Waals surface area contributed by atoms with E-state index in [9.17, 15) is 8.42 Å². The number of nitrogens with zero attached hydrogens (tertiary/aromatic N) is 2. The van der Waals surface area contributed by atoms with Crippen molar-refractivity contribution >= 4 is 10.0 Å². The summed E-state index contributed by atoms with van der Waals surface area (Å²) in [4.78, 5) is 4.21. The number of hydrogen-bond donors (Lipinski definition) is 0. The summed E-state index contributed by atoms with van der Waals surface area (Å²) in [6.45, 7) is 3.05. The minimum Gasteiger partial charge on any atom is -0.493 e. The Morgan fingerprint density at radius 2 is 1.90 bits per heavy atom. The molecule has 0 amide bonds. The van der Waals surface area contributed by atoms with Crippen LogP contribution in [0.25, 0.3) is 0 Å². The molecule has 6 nitrogen and oxygen atoms in total. The van der Waals surface area contributed by atoms with Crippen LogP contribution in [-0.2, 0) is 10.0 Å². The highest BCUT2D eigenvalue weighted by Crippen LogP contribution is 2.40. The number of benzene rings is 1. The summed E-state index contributed by atoms with van der Waals surface area (Å²) >= 11 is 0. The lowest BCUT2D eigenvalue weighted by Gasteiger charge is -2.20. The molecule has 1 aromatic carbocycles. The third kappa shape index (κ3) is 4.12. The minimum absolute atomic E-state index is 0.110. The number of aromatic nitrogens is 1. The Bertz CT molecular complexity index is 943. The molecule has 2 heterocycles. The average Bonchev–Trinajstić information content (AvgIpc) is 3.38. The number of sulfonamides is 1. The molecule has 1 aliphatic carbocycles. The van der Waals surface area contributed by atoms with Crippen LogP contribution < -0.4 is 9.47 Å². The average molecular weight is 417 g/mol. The molecular weight excluding hydrogens is 388 g/mol. The monoisotopic (exact) mass is 416 g/mol. The van der Waals surface area contributed by atoms with Crippen LogP contribution in [-0.4, -0.2) is 44.0 Å². The van der Waals surface area contributed by atoms with E-state index in [4.69, 9.17) is 9.47 Å². The van der Waals surface area contributed by atoms with Crippen molar-refractivity contribution < 1.29 is 17.9 Å². The highest BCUT2D eigenvalue weighted by Gasteiger charge is 2.38. The summed E-state index contributed by atoms with van der Waals surface area (Å²) in [5.74, 6) is 1.80. The lowest BCUT2D eigenvalue weighted by Crippen LogP contribution is -2.29. The molecule has 1 saturated carbocycles. The topological polar surface area (TPSA) is 68.7 Å². The van der Waals surface area contributed by atoms with Crippen molar-refractivity contribution in [3.05, 3.63) is 48.3 Å². The fourth-order valence-corrected chi connectivity index (χ4v) is 5.93. The molecule has 156 valence electrons. The van der Waals surface area contributed by atoms with E-state index < -0.39 is 10.0 Å². The lowest BCUT2D eigenvalue weighted by atomic mass is 9.90. The zero-order valence-corrected chi connectivity index (χ0v) is 17.8. The maximum absolute atomic E-state index is 13.0. The molecule has 4 rings (SSSR count). The first-order valence-electron chi connectivity index (χ1n) is 10.2. The Labute approximate surface area is 172 Å². The van der Waals surface area contributed by atoms with Crippen LogP contribution in [0.3, 0.4) is 0 Å². The van der Waals surface area contributed by atoms with Crippen molar-refractivity contribution in [3.63, 3.8) is 0 Å². The van der Waals surface area contributed by atoms with Gasteiger partial charge in [-0.2, -0.15) is 4.31 Å². The summed E-state index contributed by atoms with van der Waals surface area (Å²) in [7, 11) is -1.89. The van der Waals surface area contributed by atoms with E-state index in [0.717, 1.165) is 29.9 Å². The predicted molar refractivity (Wildman–Crippen MR) is 111 cm³/mol. The van der Waals surface area contributed by atoms with Crippen LogP contribution >= 0.6 is 0 Å². The van der Waals surface area contributed by atoms with Crippen LogP contribution in [0, 0.1) is 5.92 Å². The predicted octanol–water partition coefficient (Wildman–Crippen LogP) is 3.84. The van der Waals surface area contributed by atoms with Crippen molar-refractivity contribution in [3.8, 4) is 11.5 Å². The zero-order chi connectivity index (χ0) is 20.4. The number of rotatable bonds is 6. The van der Waals surface area contributed by atoms with Gasteiger partial charge in [0.25, 0.3) is 0 Å². The molecule has 1 aliphatic heterocycles. The summed E-state index contributed by atoms with van der Waals surface area (Å²) < 4.78 is 39.3. The quantitative estimate of drug-likeness (QED) is 0.716. The van der Waals surface area contributed by atoms with Gasteiger partial charge in [0.15, 0.2) is 11.5 Å². The molecule has 1 saturated heterocycles. The largest absolute Gasteiger partial charge is 0.493 e. The van der Waals surface area contributed by atoms with Gasteiger partial charge < -0.3 is 9.47 Å². The van der Waals surface area contributed by atoms with E-state index in [1.807, 2.05) is 18.2 Å². The Hall–Kier alpha value is -2.12. The van der Waals surface area contributed by atoms with Gasteiger partial charge in [0.2, 0.25) is 10.0 Å². The van der Waals surface area contributed by atoms with Crippen molar-refractivity contribution in [2.45, 2.75) is 49.5 Å². The standard InChI is InChI=1S/C22H28N2O4S/c1-16-14-24(29(25,26)19-8-5-11-23-13-19)15-20(16)17-9-10-21(27-2)22(12-17)28-18-6-3-4-7-18/h5,8-13,16,18,20H,3-4,6-7,14-15H2,1-2H3. The molecule has 0 N–H and O–H groups in total. The number of pyridine rings is 1. The molecule has 2 aromatic rings. The van der Waals surface area contributed by atoms with Crippen LogP contribution in [0.2, 0.25) is 0 Å². The highest BCUT2D eigenvalue weighted by molar-refractivity contribution is 7.89. The molecule has 7 heteroatoms. The third-order valence-electron chi connectivity index (χ3n) is 6.06. The van der Waals surface area contributed by atoms with Gasteiger partial charge >= 0.3 is 0 Å². The summed E-state index contributed by atoms with van der Waals surface area (Å²) in [5, 5.41) is 0. The first kappa shape index (κ1) is 20.2. The Morgan fingerprint density at radius 3 is 2.59 bits per heavy atom. The van der Waals surface area contributed by atoms with Gasteiger partial charge in [0.1, 0.15) is 4.90 Å². The van der Waals surface area contributed by atoms with Crippen molar-refractivity contribution in [1.82, 2.24) is 9.29 Å². The van der Waals surface area contributed by atoms with Crippen LogP contribution in [0.5, 0.6) is 11.5 Å². The normalized spacial score (nSPS) is 23.4. The summed E-state index contributed by atoms with van der Waals surface area (Å²) in [6.07, 6.45) is 7.78. The van der Waals surface area contributed by atoms with Crippen LogP contribution in [0.1, 0.15) is 44.1 Å². The highest BCUT2D eigenvalue weighted by atomic mass is 32.2. The van der Waals surface area contributed by atoms with E-state index in [2.05, 4.69) is 11.9 Å². The van der Waals surface area contributed by atoms with Gasteiger partial charge in [0, 0.05) is 31.4 Å². The first-order valence-corrected chi connectivity index (χ1v) is 11.7. The molecule has 29 heavy (non-hydrogen) atoms. The van der Waals surface area contributed by atoms with E-state index >= 15 is 0 Å². The molecule has 2 atom stereocenters. The molecule has 2 unspecified atom stereocenters. The molecular formula is C22H28N2O4S. The van der Waals surface area contributed by atoms with Crippen LogP contribution in [0.4, 0.5) is 0 Å². The number of hydrogen-bond acceptors (Lipinski definition) is 5. The number of methoxy groups -OCH3 is 1. The van der Waals surface area contributed by atoms with E-state index in [1.165, 1.54) is 19.0 Å². The molecule has 2 aliphatic rings. The van der Waals surface area contributed by atoms with Crippen molar-refractivity contribution in [1.29, 1.82) is 0 Å². The van der Waals surface area contributed by atoms with Crippen molar-refractivity contribution in [2.24, 2.45) is 5.92 Å². The SMILES string of the molecule is COc1ccc(C2CN(S(=O)(=O)c3cccnc3)CC2C)cc1OC1CCCC1. The molecule has 2 fully saturated rings. The second-order valence-corrected chi connectivity index (χ2v) is 9.97. The fourth-order valence-electron chi connectivity index (χ4n) is 4.40. The minimum atomic E-state index is -3.54. The van der Waals surface area contributed by atoms with Gasteiger partial charge in [-0.15, -0.1) is 0 Å². The third-order valence-corrected chi connectivity index (χ3v) is 7.88. The number of ether oxygens (including phenoxy) is 2. The van der Waals surface area contributed by atoms with Gasteiger partial charge in [-0.05, 0) is 61.4 Å². The van der Waals surface area contributed by atoms with Crippen LogP contribution in [0.15, 0.2) is 47.6 Å². The molecule has 0 bridgehead atoms. The fraction of sp³-hybridized carbons (Fsp3) is 0.500. The molecule has 0 spiro atoms. The van der Waals surface area contributed by atoms with E-state index in [1.54, 1.807) is 29.7 Å².